The van der Waals surface area contributed by atoms with Crippen molar-refractivity contribution < 1.29 is 4.74 Å². The highest BCUT2D eigenvalue weighted by atomic mass is 16.5. The normalized spacial score (nSPS) is 25.4. The Labute approximate surface area is 102 Å². The van der Waals surface area contributed by atoms with E-state index in [1.807, 2.05) is 6.07 Å². The monoisotopic (exact) mass is 229 g/mol. The maximum atomic E-state index is 5.81. The molecule has 1 saturated heterocycles. The summed E-state index contributed by atoms with van der Waals surface area (Å²) in [6.45, 7) is 0.945. The van der Waals surface area contributed by atoms with Gasteiger partial charge < -0.3 is 10.5 Å². The summed E-state index contributed by atoms with van der Waals surface area (Å²) in [4.78, 5) is 0. The summed E-state index contributed by atoms with van der Waals surface area (Å²) in [5, 5.41) is 0. The van der Waals surface area contributed by atoms with Gasteiger partial charge in [0.15, 0.2) is 0 Å². The van der Waals surface area contributed by atoms with Gasteiger partial charge in [-0.1, -0.05) is 12.1 Å². The van der Waals surface area contributed by atoms with E-state index in [2.05, 4.69) is 18.2 Å². The molecule has 90 valence electrons. The molecule has 3 rings (SSSR count). The lowest BCUT2D eigenvalue weighted by molar-refractivity contribution is 0.113. The number of hydrogen-bond donors (Lipinski definition) is 1. The second-order valence-corrected chi connectivity index (χ2v) is 5.02. The average molecular weight is 229 g/mol. The van der Waals surface area contributed by atoms with Crippen molar-refractivity contribution in [2.24, 2.45) is 0 Å². The van der Waals surface area contributed by atoms with Crippen molar-refractivity contribution in [2.75, 3.05) is 12.3 Å². The van der Waals surface area contributed by atoms with Gasteiger partial charge in [-0.25, -0.2) is 0 Å². The molecule has 0 spiro atoms. The summed E-state index contributed by atoms with van der Waals surface area (Å²) < 4.78 is 5.66. The van der Waals surface area contributed by atoms with Crippen LogP contribution in [0.1, 0.15) is 36.8 Å². The van der Waals surface area contributed by atoms with Gasteiger partial charge in [-0.2, -0.15) is 0 Å². The summed E-state index contributed by atoms with van der Waals surface area (Å²) in [5.74, 6) is 0. The first-order valence-corrected chi connectivity index (χ1v) is 6.52. The number of rotatable bonds is 2. The molecule has 1 heterocycles. The van der Waals surface area contributed by atoms with Crippen LogP contribution in [-0.4, -0.2) is 12.7 Å². The predicted molar refractivity (Wildman–Crippen MR) is 70.7 cm³/mol. The van der Waals surface area contributed by atoms with Crippen LogP contribution in [-0.2, 0) is 11.2 Å². The molecule has 1 aliphatic carbocycles. The summed E-state index contributed by atoms with van der Waals surface area (Å²) >= 11 is 0. The molecule has 0 radical (unpaired) electrons. The van der Waals surface area contributed by atoms with Gasteiger partial charge in [0.25, 0.3) is 0 Å². The molecule has 1 fully saturated rings. The lowest BCUT2D eigenvalue weighted by Gasteiger charge is -2.07. The third kappa shape index (κ3) is 2.22. The Kier molecular flexibility index (Phi) is 2.89. The maximum absolute atomic E-state index is 5.81. The van der Waals surface area contributed by atoms with E-state index in [-0.39, 0.29) is 0 Å². The first-order valence-electron chi connectivity index (χ1n) is 6.52. The number of allylic oxidation sites excluding steroid dienone is 1. The molecule has 2 heteroatoms. The van der Waals surface area contributed by atoms with Crippen LogP contribution in [0, 0.1) is 0 Å². The Hall–Kier alpha value is -1.28. The second kappa shape index (κ2) is 4.53. The molecule has 2 N–H and O–H groups in total. The third-order valence-corrected chi connectivity index (χ3v) is 3.79. The van der Waals surface area contributed by atoms with Gasteiger partial charge in [-0.15, -0.1) is 0 Å². The Morgan fingerprint density at radius 2 is 2.29 bits per heavy atom. The molecule has 17 heavy (non-hydrogen) atoms. The number of ether oxygens (including phenoxy) is 1. The van der Waals surface area contributed by atoms with Crippen molar-refractivity contribution >= 4 is 11.3 Å². The highest BCUT2D eigenvalue weighted by Crippen LogP contribution is 2.34. The minimum Gasteiger partial charge on any atom is -0.399 e. The van der Waals surface area contributed by atoms with Crippen LogP contribution in [0.25, 0.3) is 5.57 Å². The molecule has 0 amide bonds. The number of nitrogens with two attached hydrogens (primary N) is 1. The van der Waals surface area contributed by atoms with Crippen molar-refractivity contribution in [2.45, 2.75) is 38.2 Å². The Bertz CT molecular complexity index is 444. The Morgan fingerprint density at radius 1 is 1.35 bits per heavy atom. The predicted octanol–water partition coefficient (Wildman–Crippen LogP) is 3.17. The molecule has 2 nitrogen and oxygen atoms in total. The fourth-order valence-corrected chi connectivity index (χ4v) is 2.85. The number of aryl methyl sites for hydroxylation is 1. The number of fused-ring (bicyclic) bond motifs is 1. The van der Waals surface area contributed by atoms with Crippen LogP contribution in [0.2, 0.25) is 0 Å². The standard InChI is InChI=1S/C15H19NO/c16-13-6-8-15-11(3-4-12(15)10-13)5-7-14-2-1-9-17-14/h5-6,8,10,14H,1-4,7,9,16H2. The van der Waals surface area contributed by atoms with Crippen LogP contribution < -0.4 is 5.73 Å². The van der Waals surface area contributed by atoms with Gasteiger partial charge in [0.05, 0.1) is 6.10 Å². The fraction of sp³-hybridized carbons (Fsp3) is 0.467. The fourth-order valence-electron chi connectivity index (χ4n) is 2.85. The van der Waals surface area contributed by atoms with Crippen molar-refractivity contribution in [1.29, 1.82) is 0 Å². The summed E-state index contributed by atoms with van der Waals surface area (Å²) in [6.07, 6.45) is 8.64. The Morgan fingerprint density at radius 3 is 3.12 bits per heavy atom. The largest absolute Gasteiger partial charge is 0.399 e. The van der Waals surface area contributed by atoms with Crippen molar-refractivity contribution in [3.63, 3.8) is 0 Å². The van der Waals surface area contributed by atoms with Gasteiger partial charge in [0.1, 0.15) is 0 Å². The molecule has 2 aliphatic rings. The van der Waals surface area contributed by atoms with E-state index < -0.39 is 0 Å². The first kappa shape index (κ1) is 10.8. The molecular weight excluding hydrogens is 210 g/mol. The average Bonchev–Trinajstić information content (AvgIpc) is 2.94. The highest BCUT2D eigenvalue weighted by Gasteiger charge is 2.18. The minimum atomic E-state index is 0.459. The topological polar surface area (TPSA) is 35.2 Å². The van der Waals surface area contributed by atoms with Gasteiger partial charge in [-0.05, 0) is 60.9 Å². The molecule has 1 aromatic carbocycles. The summed E-state index contributed by atoms with van der Waals surface area (Å²) in [7, 11) is 0. The van der Waals surface area contributed by atoms with Crippen LogP contribution >= 0.6 is 0 Å². The Balaban J connectivity index is 1.76. The maximum Gasteiger partial charge on any atom is 0.0610 e. The quantitative estimate of drug-likeness (QED) is 0.791. The van der Waals surface area contributed by atoms with Crippen molar-refractivity contribution in [3.8, 4) is 0 Å². The molecule has 1 aliphatic heterocycles. The van der Waals surface area contributed by atoms with E-state index in [1.165, 1.54) is 29.5 Å². The van der Waals surface area contributed by atoms with E-state index in [4.69, 9.17) is 10.5 Å². The second-order valence-electron chi connectivity index (χ2n) is 5.02. The lowest BCUT2D eigenvalue weighted by Crippen LogP contribution is -2.02. The number of nitrogen functional groups attached to an aromatic ring is 1. The van der Waals surface area contributed by atoms with Gasteiger partial charge >= 0.3 is 0 Å². The third-order valence-electron chi connectivity index (χ3n) is 3.79. The van der Waals surface area contributed by atoms with Gasteiger partial charge in [0.2, 0.25) is 0 Å². The van der Waals surface area contributed by atoms with Crippen molar-refractivity contribution in [1.82, 2.24) is 0 Å². The molecule has 0 bridgehead atoms. The first-order chi connectivity index (χ1) is 8.33. The van der Waals surface area contributed by atoms with Crippen LogP contribution in [0.5, 0.6) is 0 Å². The molecule has 0 aromatic heterocycles. The molecular formula is C15H19NO. The van der Waals surface area contributed by atoms with E-state index in [1.54, 1.807) is 0 Å². The highest BCUT2D eigenvalue weighted by molar-refractivity contribution is 5.74. The number of hydrogen-bond acceptors (Lipinski definition) is 2. The molecule has 0 saturated carbocycles. The molecule has 1 atom stereocenters. The van der Waals surface area contributed by atoms with Gasteiger partial charge in [0, 0.05) is 12.3 Å². The van der Waals surface area contributed by atoms with Gasteiger partial charge in [-0.3, -0.25) is 0 Å². The van der Waals surface area contributed by atoms with Crippen LogP contribution in [0.4, 0.5) is 5.69 Å². The van der Waals surface area contributed by atoms with E-state index >= 15 is 0 Å². The van der Waals surface area contributed by atoms with E-state index in [0.717, 1.165) is 31.6 Å². The smallest absolute Gasteiger partial charge is 0.0610 e. The summed E-state index contributed by atoms with van der Waals surface area (Å²) in [6, 6.07) is 6.28. The minimum absolute atomic E-state index is 0.459. The lowest BCUT2D eigenvalue weighted by atomic mass is 10.0. The number of benzene rings is 1. The number of anilines is 1. The van der Waals surface area contributed by atoms with Crippen LogP contribution in [0.15, 0.2) is 24.3 Å². The SMILES string of the molecule is Nc1ccc2c(c1)CCC2=CCC1CCCO1. The zero-order chi connectivity index (χ0) is 11.7. The molecule has 1 unspecified atom stereocenters. The van der Waals surface area contributed by atoms with Crippen LogP contribution in [0.3, 0.4) is 0 Å². The zero-order valence-electron chi connectivity index (χ0n) is 10.1. The summed E-state index contributed by atoms with van der Waals surface area (Å²) in [5.41, 5.74) is 11.0. The van der Waals surface area contributed by atoms with E-state index in [0.29, 0.717) is 6.10 Å². The zero-order valence-corrected chi connectivity index (χ0v) is 10.1. The van der Waals surface area contributed by atoms with Crippen molar-refractivity contribution in [3.05, 3.63) is 35.4 Å². The van der Waals surface area contributed by atoms with E-state index in [9.17, 15) is 0 Å². The molecule has 1 aromatic rings.